The Kier molecular flexibility index (Phi) is 21.6. The molecular weight excluding hydrogens is 238 g/mol. The highest BCUT2D eigenvalue weighted by Gasteiger charge is 2.07. The van der Waals surface area contributed by atoms with Gasteiger partial charge in [0.15, 0.2) is 0 Å². The van der Waals surface area contributed by atoms with Crippen molar-refractivity contribution in [2.24, 2.45) is 5.41 Å². The second kappa shape index (κ2) is 17.4. The molecule has 0 rings (SSSR count). The Morgan fingerprint density at radius 3 is 1.79 bits per heavy atom. The van der Waals surface area contributed by atoms with Gasteiger partial charge in [-0.15, -0.1) is 0 Å². The summed E-state index contributed by atoms with van der Waals surface area (Å²) in [5.41, 5.74) is 0.392. The maximum Gasteiger partial charge on any atom is 0.219 e. The van der Waals surface area contributed by atoms with Gasteiger partial charge in [-0.2, -0.15) is 0 Å². The number of carbonyl (C=O) groups is 1. The fourth-order valence-electron chi connectivity index (χ4n) is 1.12. The quantitative estimate of drug-likeness (QED) is 0.792. The van der Waals surface area contributed by atoms with Crippen molar-refractivity contribution in [3.63, 3.8) is 0 Å². The van der Waals surface area contributed by atoms with Crippen LogP contribution in [0.3, 0.4) is 0 Å². The molecule has 0 atom stereocenters. The molecule has 0 fully saturated rings. The van der Waals surface area contributed by atoms with Gasteiger partial charge in [0.2, 0.25) is 5.91 Å². The van der Waals surface area contributed by atoms with Gasteiger partial charge in [0.25, 0.3) is 0 Å². The first-order valence-corrected chi connectivity index (χ1v) is 7.66. The number of aliphatic hydroxyl groups excluding tert-OH is 1. The molecule has 2 N–H and O–H groups in total. The molecule has 0 aromatic rings. The van der Waals surface area contributed by atoms with Crippen molar-refractivity contribution >= 4 is 5.91 Å². The van der Waals surface area contributed by atoms with Crippen molar-refractivity contribution in [3.05, 3.63) is 0 Å². The number of nitrogens with one attached hydrogen (secondary N) is 1. The van der Waals surface area contributed by atoms with E-state index in [2.05, 4.69) is 39.9 Å². The van der Waals surface area contributed by atoms with E-state index in [-0.39, 0.29) is 5.91 Å². The van der Waals surface area contributed by atoms with E-state index in [0.29, 0.717) is 18.4 Å². The lowest BCUT2D eigenvalue weighted by Crippen LogP contribution is -2.21. The van der Waals surface area contributed by atoms with Gasteiger partial charge in [-0.05, 0) is 31.6 Å². The van der Waals surface area contributed by atoms with Crippen LogP contribution in [0, 0.1) is 5.41 Å². The second-order valence-corrected chi connectivity index (χ2v) is 5.80. The van der Waals surface area contributed by atoms with E-state index in [1.165, 1.54) is 6.42 Å². The molecule has 0 aliphatic carbocycles. The van der Waals surface area contributed by atoms with Crippen molar-refractivity contribution in [1.29, 1.82) is 0 Å². The lowest BCUT2D eigenvalue weighted by molar-refractivity contribution is -0.121. The largest absolute Gasteiger partial charge is 0.396 e. The summed E-state index contributed by atoms with van der Waals surface area (Å²) in [6.45, 7) is 15.8. The molecule has 0 radical (unpaired) electrons. The Bertz CT molecular complexity index is 166. The van der Waals surface area contributed by atoms with Crippen LogP contribution in [0.4, 0.5) is 0 Å². The molecule has 0 aromatic carbocycles. The van der Waals surface area contributed by atoms with E-state index in [1.807, 2.05) is 13.8 Å². The second-order valence-electron chi connectivity index (χ2n) is 5.80. The van der Waals surface area contributed by atoms with Crippen LogP contribution in [-0.2, 0) is 4.79 Å². The minimum absolute atomic E-state index is 0.162. The molecule has 0 unspecified atom stereocenters. The number of aliphatic hydroxyl groups is 1. The average Bonchev–Trinajstić information content (AvgIpc) is 2.28. The molecular formula is C16H37NO2. The summed E-state index contributed by atoms with van der Waals surface area (Å²) in [6.07, 6.45) is 4.90. The molecule has 0 saturated carbocycles. The van der Waals surface area contributed by atoms with Crippen molar-refractivity contribution < 1.29 is 9.90 Å². The van der Waals surface area contributed by atoms with Gasteiger partial charge in [0.1, 0.15) is 0 Å². The van der Waals surface area contributed by atoms with Crippen molar-refractivity contribution in [3.8, 4) is 0 Å². The van der Waals surface area contributed by atoms with E-state index in [1.54, 1.807) is 0 Å². The summed E-state index contributed by atoms with van der Waals surface area (Å²) in [4.78, 5) is 10.5. The number of rotatable bonds is 5. The van der Waals surface area contributed by atoms with Gasteiger partial charge in [-0.25, -0.2) is 0 Å². The monoisotopic (exact) mass is 275 g/mol. The molecule has 0 bridgehead atoms. The molecule has 0 aromatic heterocycles. The third-order valence-corrected chi connectivity index (χ3v) is 1.94. The summed E-state index contributed by atoms with van der Waals surface area (Å²) in [5, 5.41) is 11.1. The minimum atomic E-state index is 0.162. The van der Waals surface area contributed by atoms with E-state index in [0.717, 1.165) is 25.8 Å². The molecule has 0 aliphatic heterocycles. The SMILES string of the molecule is CC(C)(C)CCCO.CCC.CCCC(=O)NCC. The van der Waals surface area contributed by atoms with Gasteiger partial charge >= 0.3 is 0 Å². The van der Waals surface area contributed by atoms with E-state index in [9.17, 15) is 4.79 Å². The molecule has 19 heavy (non-hydrogen) atoms. The van der Waals surface area contributed by atoms with E-state index in [4.69, 9.17) is 5.11 Å². The maximum atomic E-state index is 10.5. The van der Waals surface area contributed by atoms with Crippen LogP contribution in [0.1, 0.15) is 80.6 Å². The minimum Gasteiger partial charge on any atom is -0.396 e. The summed E-state index contributed by atoms with van der Waals surface area (Å²) in [5.74, 6) is 0.162. The first-order chi connectivity index (χ1) is 8.78. The molecule has 0 saturated heterocycles. The predicted octanol–water partition coefficient (Wildman–Crippen LogP) is 4.14. The fraction of sp³-hybridized carbons (Fsp3) is 0.938. The molecule has 0 aliphatic rings. The zero-order valence-electron chi connectivity index (χ0n) is 14.3. The number of carbonyl (C=O) groups excluding carboxylic acids is 1. The lowest BCUT2D eigenvalue weighted by atomic mass is 9.91. The molecule has 3 heteroatoms. The third kappa shape index (κ3) is 38.1. The maximum absolute atomic E-state index is 10.5. The Labute approximate surface area is 121 Å². The van der Waals surface area contributed by atoms with Crippen molar-refractivity contribution in [2.75, 3.05) is 13.2 Å². The van der Waals surface area contributed by atoms with Crippen LogP contribution in [0.5, 0.6) is 0 Å². The van der Waals surface area contributed by atoms with Gasteiger partial charge < -0.3 is 10.4 Å². The van der Waals surface area contributed by atoms with Crippen LogP contribution in [0.15, 0.2) is 0 Å². The zero-order valence-corrected chi connectivity index (χ0v) is 14.3. The fourth-order valence-corrected chi connectivity index (χ4v) is 1.12. The highest BCUT2D eigenvalue weighted by molar-refractivity contribution is 5.75. The summed E-state index contributed by atoms with van der Waals surface area (Å²) >= 11 is 0. The predicted molar refractivity (Wildman–Crippen MR) is 85.3 cm³/mol. The van der Waals surface area contributed by atoms with Gasteiger partial charge in [-0.1, -0.05) is 48.0 Å². The Hall–Kier alpha value is -0.570. The number of hydrogen-bond donors (Lipinski definition) is 2. The average molecular weight is 275 g/mol. The highest BCUT2D eigenvalue weighted by Crippen LogP contribution is 2.19. The topological polar surface area (TPSA) is 49.3 Å². The summed E-state index contributed by atoms with van der Waals surface area (Å²) < 4.78 is 0. The van der Waals surface area contributed by atoms with Crippen molar-refractivity contribution in [2.45, 2.75) is 80.6 Å². The number of amides is 1. The smallest absolute Gasteiger partial charge is 0.219 e. The first kappa shape index (κ1) is 23.5. The molecule has 0 spiro atoms. The molecule has 0 heterocycles. The van der Waals surface area contributed by atoms with Crippen LogP contribution in [0.25, 0.3) is 0 Å². The van der Waals surface area contributed by atoms with Crippen LogP contribution >= 0.6 is 0 Å². The van der Waals surface area contributed by atoms with Crippen LogP contribution in [0.2, 0.25) is 0 Å². The van der Waals surface area contributed by atoms with Crippen LogP contribution in [-0.4, -0.2) is 24.2 Å². The standard InChI is InChI=1S/C7H16O.C6H13NO.C3H8/c1-7(2,3)5-4-6-8;1-3-5-6(8)7-4-2;1-3-2/h8H,4-6H2,1-3H3;3-5H2,1-2H3,(H,7,8);3H2,1-2H3. The van der Waals surface area contributed by atoms with E-state index < -0.39 is 0 Å². The Balaban J connectivity index is -0.000000224. The molecule has 1 amide bonds. The normalized spacial score (nSPS) is 9.68. The van der Waals surface area contributed by atoms with E-state index >= 15 is 0 Å². The third-order valence-electron chi connectivity index (χ3n) is 1.94. The van der Waals surface area contributed by atoms with Crippen molar-refractivity contribution in [1.82, 2.24) is 5.32 Å². The molecule has 3 nitrogen and oxygen atoms in total. The van der Waals surface area contributed by atoms with Gasteiger partial charge in [0, 0.05) is 19.6 Å². The molecule has 118 valence electrons. The number of hydrogen-bond acceptors (Lipinski definition) is 2. The highest BCUT2D eigenvalue weighted by atomic mass is 16.2. The summed E-state index contributed by atoms with van der Waals surface area (Å²) in [7, 11) is 0. The zero-order chi connectivity index (χ0) is 15.7. The summed E-state index contributed by atoms with van der Waals surface area (Å²) in [6, 6.07) is 0. The van der Waals surface area contributed by atoms with Gasteiger partial charge in [-0.3, -0.25) is 4.79 Å². The lowest BCUT2D eigenvalue weighted by Gasteiger charge is -2.16. The van der Waals surface area contributed by atoms with Gasteiger partial charge in [0.05, 0.1) is 0 Å². The Morgan fingerprint density at radius 2 is 1.58 bits per heavy atom. The van der Waals surface area contributed by atoms with Crippen LogP contribution < -0.4 is 5.32 Å². The first-order valence-electron chi connectivity index (χ1n) is 7.66. The Morgan fingerprint density at radius 1 is 1.11 bits per heavy atom.